The highest BCUT2D eigenvalue weighted by Gasteiger charge is 2.50. The Morgan fingerprint density at radius 1 is 1.28 bits per heavy atom. The predicted octanol–water partition coefficient (Wildman–Crippen LogP) is 3.23. The van der Waals surface area contributed by atoms with Gasteiger partial charge in [-0.25, -0.2) is 15.0 Å². The van der Waals surface area contributed by atoms with Crippen molar-refractivity contribution in [3.63, 3.8) is 0 Å². The van der Waals surface area contributed by atoms with Crippen molar-refractivity contribution in [1.82, 2.24) is 15.0 Å². The quantitative estimate of drug-likeness (QED) is 0.605. The molecular formula is C19H24Cl2N6OS. The number of aromatic nitrogens is 3. The fourth-order valence-electron chi connectivity index (χ4n) is 4.53. The van der Waals surface area contributed by atoms with Crippen molar-refractivity contribution in [2.24, 2.45) is 17.1 Å². The molecule has 3 heterocycles. The molecule has 2 fully saturated rings. The molecule has 2 aromatic heterocycles. The molecular weight excluding hydrogens is 431 g/mol. The zero-order valence-corrected chi connectivity index (χ0v) is 18.4. The van der Waals surface area contributed by atoms with Gasteiger partial charge in [-0.2, -0.15) is 0 Å². The zero-order valence-electron chi connectivity index (χ0n) is 16.1. The van der Waals surface area contributed by atoms with Crippen LogP contribution in [0.2, 0.25) is 10.2 Å². The second-order valence-electron chi connectivity index (χ2n) is 7.98. The van der Waals surface area contributed by atoms with Gasteiger partial charge in [-0.1, -0.05) is 41.9 Å². The Hall–Kier alpha value is -1.32. The maximum absolute atomic E-state index is 10.3. The van der Waals surface area contributed by atoms with Gasteiger partial charge in [0.2, 0.25) is 0 Å². The minimum atomic E-state index is -0.415. The number of nitrogens with two attached hydrogens (primary N) is 2. The average molecular weight is 455 g/mol. The van der Waals surface area contributed by atoms with E-state index in [0.717, 1.165) is 43.1 Å². The monoisotopic (exact) mass is 454 g/mol. The lowest BCUT2D eigenvalue weighted by atomic mass is 9.74. The third-order valence-electron chi connectivity index (χ3n) is 6.24. The van der Waals surface area contributed by atoms with Crippen molar-refractivity contribution in [3.05, 3.63) is 28.6 Å². The topological polar surface area (TPSA) is 114 Å². The molecule has 1 spiro atoms. The second kappa shape index (κ2) is 8.07. The highest BCUT2D eigenvalue weighted by molar-refractivity contribution is 7.99. The van der Waals surface area contributed by atoms with E-state index in [2.05, 4.69) is 26.8 Å². The summed E-state index contributed by atoms with van der Waals surface area (Å²) in [5, 5.41) is 11.5. The largest absolute Gasteiger partial charge is 0.391 e. The SMILES string of the molecule is C[C@@H]1CC2(CCN(c3cnc(Sc4ccnc(Cl)c4Cl)c(N)n3)CC2)[C@H](N)[C@H]1O. The van der Waals surface area contributed by atoms with Crippen molar-refractivity contribution in [3.8, 4) is 0 Å². The summed E-state index contributed by atoms with van der Waals surface area (Å²) in [4.78, 5) is 15.9. The number of nitrogens with zero attached hydrogens (tertiary/aromatic N) is 4. The van der Waals surface area contributed by atoms with Gasteiger partial charge in [-0.3, -0.25) is 0 Å². The number of hydrogen-bond donors (Lipinski definition) is 3. The molecule has 7 nitrogen and oxygen atoms in total. The number of rotatable bonds is 3. The Morgan fingerprint density at radius 3 is 2.62 bits per heavy atom. The van der Waals surface area contributed by atoms with Crippen LogP contribution in [0.5, 0.6) is 0 Å². The van der Waals surface area contributed by atoms with Crippen molar-refractivity contribution >= 4 is 46.6 Å². The van der Waals surface area contributed by atoms with Crippen LogP contribution < -0.4 is 16.4 Å². The molecule has 1 saturated carbocycles. The minimum absolute atomic E-state index is 0.0153. The van der Waals surface area contributed by atoms with Crippen LogP contribution >= 0.6 is 35.0 Å². The Bertz CT molecular complexity index is 908. The highest BCUT2D eigenvalue weighted by atomic mass is 35.5. The van der Waals surface area contributed by atoms with E-state index >= 15 is 0 Å². The lowest BCUT2D eigenvalue weighted by molar-refractivity contribution is 0.0996. The van der Waals surface area contributed by atoms with E-state index in [9.17, 15) is 5.11 Å². The number of aliphatic hydroxyl groups excluding tert-OH is 1. The van der Waals surface area contributed by atoms with Crippen LogP contribution in [0.4, 0.5) is 11.6 Å². The molecule has 1 aliphatic heterocycles. The highest BCUT2D eigenvalue weighted by Crippen LogP contribution is 2.48. The van der Waals surface area contributed by atoms with E-state index < -0.39 is 6.10 Å². The van der Waals surface area contributed by atoms with Crippen LogP contribution in [-0.4, -0.2) is 45.3 Å². The molecule has 29 heavy (non-hydrogen) atoms. The maximum Gasteiger partial charge on any atom is 0.158 e. The first-order valence-electron chi connectivity index (χ1n) is 9.60. The maximum atomic E-state index is 10.3. The van der Waals surface area contributed by atoms with Crippen LogP contribution in [0.25, 0.3) is 0 Å². The summed E-state index contributed by atoms with van der Waals surface area (Å²) < 4.78 is 0. The summed E-state index contributed by atoms with van der Waals surface area (Å²) >= 11 is 13.5. The molecule has 0 unspecified atom stereocenters. The fourth-order valence-corrected chi connectivity index (χ4v) is 5.75. The molecule has 4 rings (SSSR count). The molecule has 1 aliphatic carbocycles. The molecule has 2 aromatic rings. The first-order valence-corrected chi connectivity index (χ1v) is 11.2. The summed E-state index contributed by atoms with van der Waals surface area (Å²) in [5.74, 6) is 1.34. The third-order valence-corrected chi connectivity index (χ3v) is 8.19. The number of anilines is 2. The van der Waals surface area contributed by atoms with Crippen molar-refractivity contribution < 1.29 is 5.11 Å². The number of nitrogen functional groups attached to an aromatic ring is 1. The normalized spacial score (nSPS) is 26.2. The van der Waals surface area contributed by atoms with E-state index in [4.69, 9.17) is 34.7 Å². The van der Waals surface area contributed by atoms with E-state index in [1.807, 2.05) is 0 Å². The molecule has 0 bridgehead atoms. The predicted molar refractivity (Wildman–Crippen MR) is 116 cm³/mol. The molecule has 5 N–H and O–H groups in total. The Labute approximate surface area is 184 Å². The standard InChI is InChI=1S/C19H24Cl2N6OS/c1-10-8-19(15(22)14(10)28)3-6-27(7-4-19)12-9-25-18(17(23)26-12)29-11-2-5-24-16(21)13(11)20/h2,5,9-10,14-15,28H,3-4,6-8,22H2,1H3,(H2,23,26)/t10-,14+,15-/m1/s1. The third kappa shape index (κ3) is 3.88. The molecule has 0 radical (unpaired) electrons. The van der Waals surface area contributed by atoms with Gasteiger partial charge in [0.05, 0.1) is 17.3 Å². The molecule has 3 atom stereocenters. The second-order valence-corrected chi connectivity index (χ2v) is 9.75. The fraction of sp³-hybridized carbons (Fsp3) is 0.526. The summed E-state index contributed by atoms with van der Waals surface area (Å²) in [5.41, 5.74) is 12.5. The molecule has 0 aromatic carbocycles. The van der Waals surface area contributed by atoms with Crippen LogP contribution in [0.1, 0.15) is 26.2 Å². The number of piperidine rings is 1. The van der Waals surface area contributed by atoms with Crippen molar-refractivity contribution in [1.29, 1.82) is 0 Å². The molecule has 2 aliphatic rings. The smallest absolute Gasteiger partial charge is 0.158 e. The lowest BCUT2D eigenvalue weighted by Crippen LogP contribution is -2.50. The number of halogens is 2. The van der Waals surface area contributed by atoms with Gasteiger partial charge < -0.3 is 21.5 Å². The average Bonchev–Trinajstić information content (AvgIpc) is 2.91. The van der Waals surface area contributed by atoms with Crippen molar-refractivity contribution in [2.45, 2.75) is 48.3 Å². The number of hydrogen-bond acceptors (Lipinski definition) is 8. The van der Waals surface area contributed by atoms with Crippen LogP contribution in [-0.2, 0) is 0 Å². The van der Waals surface area contributed by atoms with Crippen LogP contribution in [0, 0.1) is 11.3 Å². The Kier molecular flexibility index (Phi) is 5.83. The summed E-state index contributed by atoms with van der Waals surface area (Å²) in [6, 6.07) is 1.60. The number of aliphatic hydroxyl groups is 1. The van der Waals surface area contributed by atoms with E-state index in [1.54, 1.807) is 18.5 Å². The van der Waals surface area contributed by atoms with Crippen LogP contribution in [0.3, 0.4) is 0 Å². The van der Waals surface area contributed by atoms with E-state index in [1.165, 1.54) is 11.8 Å². The van der Waals surface area contributed by atoms with Gasteiger partial charge in [-0.15, -0.1) is 0 Å². The van der Waals surface area contributed by atoms with Gasteiger partial charge in [0, 0.05) is 30.2 Å². The van der Waals surface area contributed by atoms with Gasteiger partial charge >= 0.3 is 0 Å². The summed E-state index contributed by atoms with van der Waals surface area (Å²) in [6.07, 6.45) is 5.74. The van der Waals surface area contributed by atoms with Gasteiger partial charge in [-0.05, 0) is 36.7 Å². The Morgan fingerprint density at radius 2 is 2.00 bits per heavy atom. The molecule has 156 valence electrons. The zero-order chi connectivity index (χ0) is 20.8. The summed E-state index contributed by atoms with van der Waals surface area (Å²) in [6.45, 7) is 3.72. The summed E-state index contributed by atoms with van der Waals surface area (Å²) in [7, 11) is 0. The lowest BCUT2D eigenvalue weighted by Gasteiger charge is -2.42. The molecule has 10 heteroatoms. The van der Waals surface area contributed by atoms with Crippen LogP contribution in [0.15, 0.2) is 28.4 Å². The van der Waals surface area contributed by atoms with E-state index in [0.29, 0.717) is 15.9 Å². The van der Waals surface area contributed by atoms with Crippen molar-refractivity contribution in [2.75, 3.05) is 23.7 Å². The minimum Gasteiger partial charge on any atom is -0.391 e. The van der Waals surface area contributed by atoms with Gasteiger partial charge in [0.25, 0.3) is 0 Å². The first-order chi connectivity index (χ1) is 13.8. The van der Waals surface area contributed by atoms with Gasteiger partial charge in [0.15, 0.2) is 5.82 Å². The first kappa shape index (κ1) is 20.9. The van der Waals surface area contributed by atoms with Gasteiger partial charge in [0.1, 0.15) is 16.0 Å². The van der Waals surface area contributed by atoms with E-state index in [-0.39, 0.29) is 22.5 Å². The number of pyridine rings is 1. The Balaban J connectivity index is 1.46. The molecule has 1 saturated heterocycles. The molecule has 0 amide bonds.